The maximum absolute atomic E-state index is 13.3. The van der Waals surface area contributed by atoms with Crippen molar-refractivity contribution in [2.45, 2.75) is 112 Å². The van der Waals surface area contributed by atoms with Crippen LogP contribution in [-0.4, -0.2) is 71.5 Å². The molecule has 2 aromatic rings. The zero-order valence-electron chi connectivity index (χ0n) is 29.7. The Morgan fingerprint density at radius 2 is 1.59 bits per heavy atom. The van der Waals surface area contributed by atoms with E-state index in [-0.39, 0.29) is 42.6 Å². The zero-order chi connectivity index (χ0) is 34.7. The Bertz CT molecular complexity index is 1300. The third-order valence-corrected chi connectivity index (χ3v) is 8.19. The van der Waals surface area contributed by atoms with Crippen molar-refractivity contribution in [2.24, 2.45) is 5.41 Å². The third-order valence-electron chi connectivity index (χ3n) is 8.19. The molecule has 1 fully saturated rings. The second kappa shape index (κ2) is 16.9. The first-order chi connectivity index (χ1) is 21.4. The fraction of sp³-hybridized carbons (Fsp3) is 0.595. The van der Waals surface area contributed by atoms with Crippen molar-refractivity contribution >= 4 is 17.9 Å². The molecular formula is C37H57N3O6. The minimum Gasteiger partial charge on any atom is -0.465 e. The number of benzene rings is 2. The number of urea groups is 1. The quantitative estimate of drug-likeness (QED) is 0.171. The molecular weight excluding hydrogens is 582 g/mol. The maximum atomic E-state index is 13.3. The van der Waals surface area contributed by atoms with Gasteiger partial charge >= 0.3 is 12.1 Å². The molecule has 0 aliphatic carbocycles. The van der Waals surface area contributed by atoms with Gasteiger partial charge in [-0.3, -0.25) is 4.79 Å². The number of hydrogen-bond acceptors (Lipinski definition) is 5. The van der Waals surface area contributed by atoms with Crippen LogP contribution in [0.15, 0.2) is 48.5 Å². The molecule has 0 bridgehead atoms. The summed E-state index contributed by atoms with van der Waals surface area (Å²) in [6.45, 7) is 21.7. The Labute approximate surface area is 276 Å². The highest BCUT2D eigenvalue weighted by Crippen LogP contribution is 2.43. The standard InChI is InChI=1S/C23H38N2O2.C14H19NO4/c1-8-9-12-15-24-21(26)25-19(18-14-11-10-13-17(18)2)16-27-20(22(3,4)5)23(25,6)7;1-10-6-4-5-7-11(10)12(16)8-19-9-14(2,3)15-13(17)18/h10-11,13-14,19-20H,8-9,12,15-16H2,1-7H3,(H,24,26);4-7,15H,8-9H2,1-3H3,(H,17,18). The second-order valence-electron chi connectivity index (χ2n) is 14.5. The van der Waals surface area contributed by atoms with Crippen molar-refractivity contribution in [3.8, 4) is 0 Å². The van der Waals surface area contributed by atoms with Gasteiger partial charge < -0.3 is 30.1 Å². The number of carbonyl (C=O) groups excluding carboxylic acids is 2. The minimum absolute atomic E-state index is 0.0157. The van der Waals surface area contributed by atoms with E-state index >= 15 is 0 Å². The molecule has 0 saturated carbocycles. The van der Waals surface area contributed by atoms with Crippen molar-refractivity contribution in [3.05, 3.63) is 70.8 Å². The number of ketones is 1. The van der Waals surface area contributed by atoms with Gasteiger partial charge in [0.2, 0.25) is 0 Å². The van der Waals surface area contributed by atoms with Crippen molar-refractivity contribution in [3.63, 3.8) is 0 Å². The van der Waals surface area contributed by atoms with Crippen LogP contribution in [0, 0.1) is 19.3 Å². The number of unbranched alkanes of at least 4 members (excludes halogenated alkanes) is 2. The molecule has 0 aromatic heterocycles. The summed E-state index contributed by atoms with van der Waals surface area (Å²) >= 11 is 0. The Balaban J connectivity index is 0.000000341. The maximum Gasteiger partial charge on any atom is 0.405 e. The van der Waals surface area contributed by atoms with Crippen molar-refractivity contribution in [1.29, 1.82) is 0 Å². The molecule has 9 nitrogen and oxygen atoms in total. The lowest BCUT2D eigenvalue weighted by Gasteiger charge is -2.55. The van der Waals surface area contributed by atoms with Gasteiger partial charge in [-0.25, -0.2) is 9.59 Å². The number of rotatable bonds is 11. The molecule has 1 heterocycles. The first-order valence-corrected chi connectivity index (χ1v) is 16.3. The average molecular weight is 640 g/mol. The number of aryl methyl sites for hydroxylation is 2. The molecule has 1 saturated heterocycles. The highest BCUT2D eigenvalue weighted by molar-refractivity contribution is 5.98. The average Bonchev–Trinajstić information content (AvgIpc) is 2.94. The minimum atomic E-state index is -1.11. The van der Waals surface area contributed by atoms with E-state index in [1.807, 2.05) is 36.1 Å². The molecule has 3 amide bonds. The SMILES string of the molecule is CCCCCNC(=O)N1C(c2ccccc2C)COC(C(C)(C)C)C1(C)C.Cc1ccccc1C(=O)COCC(C)(C)NC(=O)O. The van der Waals surface area contributed by atoms with E-state index in [0.717, 1.165) is 31.4 Å². The number of Topliss-reactive ketones (excluding diaryl/α,β-unsaturated/α-hetero) is 1. The number of amides is 3. The van der Waals surface area contributed by atoms with Crippen LogP contribution in [0.2, 0.25) is 0 Å². The molecule has 2 atom stereocenters. The number of nitrogens with zero attached hydrogens (tertiary/aromatic N) is 1. The van der Waals surface area contributed by atoms with Gasteiger partial charge in [-0.2, -0.15) is 0 Å². The van der Waals surface area contributed by atoms with Gasteiger partial charge in [-0.05, 0) is 70.1 Å². The predicted molar refractivity (Wildman–Crippen MR) is 184 cm³/mol. The fourth-order valence-corrected chi connectivity index (χ4v) is 6.24. The largest absolute Gasteiger partial charge is 0.465 e. The van der Waals surface area contributed by atoms with Gasteiger partial charge in [0, 0.05) is 12.1 Å². The summed E-state index contributed by atoms with van der Waals surface area (Å²) in [5.41, 5.74) is 2.70. The van der Waals surface area contributed by atoms with Crippen molar-refractivity contribution in [1.82, 2.24) is 15.5 Å². The Morgan fingerprint density at radius 3 is 2.15 bits per heavy atom. The van der Waals surface area contributed by atoms with Gasteiger partial charge in [-0.1, -0.05) is 89.1 Å². The first-order valence-electron chi connectivity index (χ1n) is 16.3. The summed E-state index contributed by atoms with van der Waals surface area (Å²) in [4.78, 5) is 37.8. The first kappa shape index (κ1) is 38.8. The predicted octanol–water partition coefficient (Wildman–Crippen LogP) is 7.70. The van der Waals surface area contributed by atoms with Gasteiger partial charge in [-0.15, -0.1) is 0 Å². The fourth-order valence-electron chi connectivity index (χ4n) is 6.24. The summed E-state index contributed by atoms with van der Waals surface area (Å²) in [7, 11) is 0. The van der Waals surface area contributed by atoms with E-state index in [1.54, 1.807) is 26.0 Å². The lowest BCUT2D eigenvalue weighted by Crippen LogP contribution is -2.66. The number of carboxylic acid groups (broad SMARTS) is 1. The summed E-state index contributed by atoms with van der Waals surface area (Å²) in [6, 6.07) is 15.5. The molecule has 3 N–H and O–H groups in total. The number of hydrogen-bond donors (Lipinski definition) is 3. The molecule has 46 heavy (non-hydrogen) atoms. The van der Waals surface area contributed by atoms with E-state index < -0.39 is 17.2 Å². The lowest BCUT2D eigenvalue weighted by molar-refractivity contribution is -0.162. The van der Waals surface area contributed by atoms with Gasteiger partial charge in [0.25, 0.3) is 0 Å². The monoisotopic (exact) mass is 639 g/mol. The topological polar surface area (TPSA) is 117 Å². The van der Waals surface area contributed by atoms with Crippen LogP contribution in [0.3, 0.4) is 0 Å². The Kier molecular flexibility index (Phi) is 14.3. The molecule has 2 aromatic carbocycles. The van der Waals surface area contributed by atoms with Crippen LogP contribution in [0.1, 0.15) is 108 Å². The van der Waals surface area contributed by atoms with Crippen LogP contribution < -0.4 is 10.6 Å². The number of carbonyl (C=O) groups is 3. The zero-order valence-corrected chi connectivity index (χ0v) is 29.7. The number of nitrogens with one attached hydrogen (secondary N) is 2. The summed E-state index contributed by atoms with van der Waals surface area (Å²) in [6.07, 6.45) is 2.16. The van der Waals surface area contributed by atoms with E-state index in [0.29, 0.717) is 12.2 Å². The molecule has 1 aliphatic rings. The van der Waals surface area contributed by atoms with E-state index in [4.69, 9.17) is 14.6 Å². The van der Waals surface area contributed by atoms with Gasteiger partial charge in [0.1, 0.15) is 6.61 Å². The Hall–Kier alpha value is -3.43. The lowest BCUT2D eigenvalue weighted by atomic mass is 9.75. The molecule has 9 heteroatoms. The molecule has 1 aliphatic heterocycles. The Morgan fingerprint density at radius 1 is 0.978 bits per heavy atom. The van der Waals surface area contributed by atoms with Crippen molar-refractivity contribution < 1.29 is 29.0 Å². The highest BCUT2D eigenvalue weighted by Gasteiger charge is 2.51. The van der Waals surface area contributed by atoms with E-state index in [9.17, 15) is 14.4 Å². The smallest absolute Gasteiger partial charge is 0.405 e. The van der Waals surface area contributed by atoms with Crippen molar-refractivity contribution in [2.75, 3.05) is 26.4 Å². The van der Waals surface area contributed by atoms with Crippen LogP contribution >= 0.6 is 0 Å². The van der Waals surface area contributed by atoms with Crippen LogP contribution in [0.5, 0.6) is 0 Å². The molecule has 0 radical (unpaired) electrons. The van der Waals surface area contributed by atoms with E-state index in [2.05, 4.69) is 71.2 Å². The summed E-state index contributed by atoms with van der Waals surface area (Å²) in [5, 5.41) is 14.1. The summed E-state index contributed by atoms with van der Waals surface area (Å²) in [5.74, 6) is -0.107. The molecule has 0 spiro atoms. The van der Waals surface area contributed by atoms with Gasteiger partial charge in [0.15, 0.2) is 5.78 Å². The second-order valence-corrected chi connectivity index (χ2v) is 14.5. The molecule has 256 valence electrons. The molecule has 3 rings (SSSR count). The van der Waals surface area contributed by atoms with Crippen LogP contribution in [0.25, 0.3) is 0 Å². The normalized spacial score (nSPS) is 17.8. The molecule has 2 unspecified atom stereocenters. The third kappa shape index (κ3) is 11.1. The summed E-state index contributed by atoms with van der Waals surface area (Å²) < 4.78 is 11.7. The van der Waals surface area contributed by atoms with Crippen LogP contribution in [0.4, 0.5) is 9.59 Å². The highest BCUT2D eigenvalue weighted by atomic mass is 16.5. The van der Waals surface area contributed by atoms with E-state index in [1.165, 1.54) is 11.1 Å². The number of ether oxygens (including phenoxy) is 2. The van der Waals surface area contributed by atoms with Gasteiger partial charge in [0.05, 0.1) is 36.4 Å². The van der Waals surface area contributed by atoms with Crippen LogP contribution in [-0.2, 0) is 9.47 Å². The number of morpholine rings is 1.